The molecule has 0 saturated carbocycles. The van der Waals surface area contributed by atoms with Crippen LogP contribution in [0.1, 0.15) is 91.4 Å². The van der Waals surface area contributed by atoms with Crippen molar-refractivity contribution in [2.24, 2.45) is 0 Å². The van der Waals surface area contributed by atoms with Gasteiger partial charge in [0.15, 0.2) is 0 Å². The summed E-state index contributed by atoms with van der Waals surface area (Å²) < 4.78 is 97.2. The minimum Gasteiger partial charge on any atom is -0.455 e. The lowest BCUT2D eigenvalue weighted by Gasteiger charge is -2.45. The molecule has 3 aliphatic rings. The first-order valence-electron chi connectivity index (χ1n) is 31.1. The molecular formula is C71H60BN3O. The van der Waals surface area contributed by atoms with Gasteiger partial charge in [-0.2, -0.15) is 0 Å². The third kappa shape index (κ3) is 7.05. The molecule has 0 atom stereocenters. The maximum Gasteiger partial charge on any atom is 0.252 e. The second kappa shape index (κ2) is 16.7. The lowest BCUT2D eigenvalue weighted by molar-refractivity contribution is 0.590. The summed E-state index contributed by atoms with van der Waals surface area (Å²) in [4.78, 5) is 5.93. The van der Waals surface area contributed by atoms with Gasteiger partial charge in [-0.3, -0.25) is 0 Å². The van der Waals surface area contributed by atoms with Crippen molar-refractivity contribution in [3.8, 4) is 22.3 Å². The number of rotatable bonds is 6. The Balaban J connectivity index is 1.09. The Morgan fingerprint density at radius 3 is 1.71 bits per heavy atom. The van der Waals surface area contributed by atoms with Gasteiger partial charge in [0.05, 0.1) is 13.7 Å². The summed E-state index contributed by atoms with van der Waals surface area (Å²) in [7, 11) is 0. The summed E-state index contributed by atoms with van der Waals surface area (Å²) in [6.45, 7) is 17.5. The van der Waals surface area contributed by atoms with Crippen LogP contribution in [-0.2, 0) is 16.2 Å². The molecule has 0 N–H and O–H groups in total. The first-order chi connectivity index (χ1) is 40.9. The van der Waals surface area contributed by atoms with E-state index in [1.54, 1.807) is 6.07 Å². The van der Waals surface area contributed by atoms with Gasteiger partial charge >= 0.3 is 0 Å². The molecule has 0 bridgehead atoms. The van der Waals surface area contributed by atoms with Crippen molar-refractivity contribution < 1.29 is 18.1 Å². The maximum absolute atomic E-state index is 9.43. The van der Waals surface area contributed by atoms with E-state index in [4.69, 9.17) is 12.6 Å². The molecule has 4 nitrogen and oxygen atoms in total. The zero-order chi connectivity index (χ0) is 60.5. The van der Waals surface area contributed by atoms with E-state index in [1.165, 1.54) is 27.2 Å². The van der Waals surface area contributed by atoms with Crippen molar-refractivity contribution in [2.75, 3.05) is 14.7 Å². The molecule has 0 unspecified atom stereocenters. The molecule has 0 amide bonds. The van der Waals surface area contributed by atoms with Crippen molar-refractivity contribution in [3.05, 3.63) is 240 Å². The number of hydrogen-bond acceptors (Lipinski definition) is 4. The van der Waals surface area contributed by atoms with E-state index in [9.17, 15) is 5.48 Å². The third-order valence-corrected chi connectivity index (χ3v) is 16.1. The molecule has 0 spiro atoms. The van der Waals surface area contributed by atoms with Gasteiger partial charge in [-0.1, -0.05) is 189 Å². The van der Waals surface area contributed by atoms with E-state index in [1.807, 2.05) is 36.4 Å². The zero-order valence-electron chi connectivity index (χ0n) is 53.8. The average molecular weight is 992 g/mol. The van der Waals surface area contributed by atoms with E-state index in [0.29, 0.717) is 5.69 Å². The summed E-state index contributed by atoms with van der Waals surface area (Å²) in [5, 5.41) is 2.04. The van der Waals surface area contributed by atoms with Gasteiger partial charge in [-0.25, -0.2) is 0 Å². The van der Waals surface area contributed by atoms with Crippen molar-refractivity contribution in [1.82, 2.24) is 0 Å². The van der Waals surface area contributed by atoms with Crippen LogP contribution in [0.3, 0.4) is 0 Å². The number of fused-ring (bicyclic) bond motifs is 10. The first kappa shape index (κ1) is 36.4. The first-order valence-corrected chi connectivity index (χ1v) is 26.1. The van der Waals surface area contributed by atoms with E-state index < -0.39 is 67.1 Å². The summed E-state index contributed by atoms with van der Waals surface area (Å²) in [6, 6.07) is 49.1. The molecule has 11 aromatic rings. The number of para-hydroxylation sites is 4. The van der Waals surface area contributed by atoms with Gasteiger partial charge in [0, 0.05) is 72.9 Å². The Labute approximate surface area is 461 Å². The van der Waals surface area contributed by atoms with Gasteiger partial charge in [-0.05, 0) is 151 Å². The lowest BCUT2D eigenvalue weighted by Crippen LogP contribution is -2.61. The Kier molecular flexibility index (Phi) is 8.02. The average Bonchev–Trinajstić information content (AvgIpc) is 1.00. The van der Waals surface area contributed by atoms with Crippen LogP contribution >= 0.6 is 0 Å². The maximum atomic E-state index is 9.43. The summed E-state index contributed by atoms with van der Waals surface area (Å²) in [6.07, 6.45) is 0. The highest BCUT2D eigenvalue weighted by Gasteiger charge is 2.47. The van der Waals surface area contributed by atoms with Crippen molar-refractivity contribution >= 4 is 96.2 Å². The fraction of sp³-hybridized carbons (Fsp3) is 0.155. The van der Waals surface area contributed by atoms with Crippen LogP contribution in [-0.4, -0.2) is 6.71 Å². The SMILES string of the molecule is [2H]c1c([2H])c([2H])c(N(c2ccc3c(c2)N(c2ccc(-c4cccc5c4oc4ccccc45)cc2)c2cc(C(C)(C)C)cc4c2B3c2cc3c(cc2N4c2ccc(C(C)(C)C)cc2)C(C)(C)c2ccccc2-3)c2c([2H])c([2H])c([2H])c([2H])c2[2H])c([2H])c1[2H]. The Morgan fingerprint density at radius 2 is 1.05 bits per heavy atom. The van der Waals surface area contributed by atoms with Crippen molar-refractivity contribution in [1.29, 1.82) is 0 Å². The van der Waals surface area contributed by atoms with Crippen molar-refractivity contribution in [3.63, 3.8) is 0 Å². The summed E-state index contributed by atoms with van der Waals surface area (Å²) in [5.74, 6) is 0. The lowest BCUT2D eigenvalue weighted by atomic mass is 9.33. The van der Waals surface area contributed by atoms with Gasteiger partial charge in [0.1, 0.15) is 11.2 Å². The standard InChI is InChI=1S/C71H60BN3O/c1-69(2,3)46-32-36-51(37-33-46)75-63-44-59-57(54-24-15-17-28-58(54)71(59,7)8)43-61(63)72-60-39-38-52(73(48-20-11-9-12-21-48)49-22-13-10-14-23-49)42-62(60)74(64-40-47(70(4,5)6)41-65(75)67(64)72)50-34-30-45(31-35-50)53-26-19-27-56-55-25-16-18-29-66(55)76-68(53)56/h9-44H,1-8H3/i9D,10D,11D,12D,13D,14D,20D,21D,22D,23D. The highest BCUT2D eigenvalue weighted by molar-refractivity contribution is 7.00. The van der Waals surface area contributed by atoms with Crippen LogP contribution in [0.2, 0.25) is 0 Å². The highest BCUT2D eigenvalue weighted by atomic mass is 16.3. The van der Waals surface area contributed by atoms with E-state index >= 15 is 0 Å². The fourth-order valence-corrected chi connectivity index (χ4v) is 12.3. The van der Waals surface area contributed by atoms with Crippen LogP contribution in [0.5, 0.6) is 0 Å². The monoisotopic (exact) mass is 992 g/mol. The number of hydrogen-bond donors (Lipinski definition) is 0. The molecule has 1 aliphatic carbocycles. The molecule has 5 heteroatoms. The Hall–Kier alpha value is -8.54. The van der Waals surface area contributed by atoms with Crippen LogP contribution in [0.4, 0.5) is 51.2 Å². The number of anilines is 9. The topological polar surface area (TPSA) is 22.9 Å². The quantitative estimate of drug-likeness (QED) is 0.155. The third-order valence-electron chi connectivity index (χ3n) is 16.1. The predicted molar refractivity (Wildman–Crippen MR) is 323 cm³/mol. The van der Waals surface area contributed by atoms with Crippen LogP contribution < -0.4 is 31.1 Å². The largest absolute Gasteiger partial charge is 0.455 e. The smallest absolute Gasteiger partial charge is 0.252 e. The molecule has 76 heavy (non-hydrogen) atoms. The van der Waals surface area contributed by atoms with Crippen LogP contribution in [0.25, 0.3) is 44.2 Å². The minimum atomic E-state index is -0.638. The van der Waals surface area contributed by atoms with Gasteiger partial charge in [-0.15, -0.1) is 0 Å². The zero-order valence-corrected chi connectivity index (χ0v) is 43.8. The molecule has 14 rings (SSSR count). The molecule has 368 valence electrons. The van der Waals surface area contributed by atoms with E-state index in [-0.39, 0.29) is 33.3 Å². The fourth-order valence-electron chi connectivity index (χ4n) is 12.3. The normalized spacial score (nSPS) is 15.9. The Bertz CT molecular complexity index is 4610. The van der Waals surface area contributed by atoms with Gasteiger partial charge in [0.2, 0.25) is 0 Å². The predicted octanol–water partition coefficient (Wildman–Crippen LogP) is 17.7. The van der Waals surface area contributed by atoms with Crippen LogP contribution in [0, 0.1) is 0 Å². The van der Waals surface area contributed by atoms with Gasteiger partial charge < -0.3 is 19.1 Å². The molecule has 0 saturated heterocycles. The number of benzene rings is 10. The molecule has 3 heterocycles. The van der Waals surface area contributed by atoms with E-state index in [0.717, 1.165) is 89.0 Å². The van der Waals surface area contributed by atoms with Crippen LogP contribution in [0.15, 0.2) is 223 Å². The molecule has 1 aromatic heterocycles. The molecule has 0 fully saturated rings. The molecule has 0 radical (unpaired) electrons. The molecule has 10 aromatic carbocycles. The summed E-state index contributed by atoms with van der Waals surface area (Å²) >= 11 is 0. The van der Waals surface area contributed by atoms with E-state index in [2.05, 4.69) is 180 Å². The number of nitrogens with zero attached hydrogens (tertiary/aromatic N) is 3. The molecular weight excluding hydrogens is 922 g/mol. The second-order valence-electron chi connectivity index (χ2n) is 23.1. The number of furan rings is 1. The second-order valence-corrected chi connectivity index (χ2v) is 23.1. The molecule has 2 aliphatic heterocycles. The minimum absolute atomic E-state index is 0.0940. The summed E-state index contributed by atoms with van der Waals surface area (Å²) in [5.41, 5.74) is 17.5. The Morgan fingerprint density at radius 1 is 0.474 bits per heavy atom. The highest BCUT2D eigenvalue weighted by Crippen LogP contribution is 2.53. The van der Waals surface area contributed by atoms with Gasteiger partial charge in [0.25, 0.3) is 6.71 Å². The van der Waals surface area contributed by atoms with Crippen molar-refractivity contribution in [2.45, 2.75) is 71.6 Å².